The van der Waals surface area contributed by atoms with Crippen LogP contribution in [0.15, 0.2) is 28.7 Å². The molecule has 1 rings (SSSR count). The van der Waals surface area contributed by atoms with Gasteiger partial charge in [-0.2, -0.15) is 0 Å². The van der Waals surface area contributed by atoms with Crippen LogP contribution in [0.1, 0.15) is 32.4 Å². The molecule has 0 aliphatic carbocycles. The second-order valence-electron chi connectivity index (χ2n) is 5.19. The van der Waals surface area contributed by atoms with Crippen molar-refractivity contribution in [3.05, 3.63) is 34.3 Å². The minimum Gasteiger partial charge on any atom is -0.309 e. The fourth-order valence-corrected chi connectivity index (χ4v) is 2.19. The minimum atomic E-state index is -3.06. The van der Waals surface area contributed by atoms with Crippen molar-refractivity contribution in [1.82, 2.24) is 5.32 Å². The predicted molar refractivity (Wildman–Crippen MR) is 79.5 cm³/mol. The van der Waals surface area contributed by atoms with Gasteiger partial charge < -0.3 is 5.32 Å². The number of sulfone groups is 1. The van der Waals surface area contributed by atoms with Gasteiger partial charge in [0.1, 0.15) is 0 Å². The monoisotopic (exact) mass is 333 g/mol. The molecule has 0 heterocycles. The van der Waals surface area contributed by atoms with E-state index in [9.17, 15) is 8.42 Å². The molecule has 1 atom stereocenters. The lowest BCUT2D eigenvalue weighted by Gasteiger charge is -2.25. The molecule has 1 aromatic carbocycles. The Morgan fingerprint density at radius 3 is 2.50 bits per heavy atom. The van der Waals surface area contributed by atoms with Gasteiger partial charge in [0, 0.05) is 23.3 Å². The molecule has 0 fully saturated rings. The molecule has 0 radical (unpaired) electrons. The van der Waals surface area contributed by atoms with Crippen molar-refractivity contribution in [1.29, 1.82) is 0 Å². The third-order valence-corrected chi connectivity index (χ3v) is 5.83. The highest BCUT2D eigenvalue weighted by atomic mass is 79.9. The normalized spacial score (nSPS) is 14.5. The van der Waals surface area contributed by atoms with Crippen LogP contribution in [0.5, 0.6) is 0 Å². The van der Waals surface area contributed by atoms with Gasteiger partial charge in [-0.15, -0.1) is 0 Å². The van der Waals surface area contributed by atoms with Gasteiger partial charge in [-0.05, 0) is 38.5 Å². The average molecular weight is 334 g/mol. The molecule has 102 valence electrons. The minimum absolute atomic E-state index is 0.114. The smallest absolute Gasteiger partial charge is 0.153 e. The third-order valence-electron chi connectivity index (χ3n) is 3.19. The predicted octanol–water partition coefficient (Wildman–Crippen LogP) is 2.92. The first-order valence-corrected chi connectivity index (χ1v) is 8.50. The van der Waals surface area contributed by atoms with E-state index in [1.807, 2.05) is 31.2 Å². The first-order chi connectivity index (χ1) is 8.13. The summed E-state index contributed by atoms with van der Waals surface area (Å²) in [4.78, 5) is 0. The van der Waals surface area contributed by atoms with Crippen LogP contribution in [0.2, 0.25) is 0 Å². The van der Waals surface area contributed by atoms with Crippen LogP contribution in [-0.2, 0) is 9.84 Å². The first-order valence-electron chi connectivity index (χ1n) is 5.82. The van der Waals surface area contributed by atoms with E-state index in [4.69, 9.17) is 0 Å². The largest absolute Gasteiger partial charge is 0.309 e. The van der Waals surface area contributed by atoms with Gasteiger partial charge in [-0.3, -0.25) is 0 Å². The zero-order valence-electron chi connectivity index (χ0n) is 11.2. The Kier molecular flexibility index (Phi) is 4.98. The maximum Gasteiger partial charge on any atom is 0.153 e. The number of benzene rings is 1. The zero-order valence-corrected chi connectivity index (χ0v) is 13.6. The van der Waals surface area contributed by atoms with E-state index in [0.29, 0.717) is 6.54 Å². The lowest BCUT2D eigenvalue weighted by atomic mass is 10.1. The average Bonchev–Trinajstić information content (AvgIpc) is 2.24. The number of hydrogen-bond acceptors (Lipinski definition) is 3. The highest BCUT2D eigenvalue weighted by Crippen LogP contribution is 2.20. The fraction of sp³-hybridized carbons (Fsp3) is 0.538. The highest BCUT2D eigenvalue weighted by molar-refractivity contribution is 9.10. The van der Waals surface area contributed by atoms with Crippen molar-refractivity contribution in [2.24, 2.45) is 0 Å². The van der Waals surface area contributed by atoms with Crippen LogP contribution >= 0.6 is 15.9 Å². The zero-order chi connectivity index (χ0) is 14.0. The summed E-state index contributed by atoms with van der Waals surface area (Å²) in [5.41, 5.74) is 1.13. The summed E-state index contributed by atoms with van der Waals surface area (Å²) >= 11 is 3.43. The van der Waals surface area contributed by atoms with E-state index in [1.165, 1.54) is 6.26 Å². The summed E-state index contributed by atoms with van der Waals surface area (Å²) in [5, 5.41) is 3.27. The van der Waals surface area contributed by atoms with Crippen molar-refractivity contribution in [3.8, 4) is 0 Å². The van der Waals surface area contributed by atoms with Crippen LogP contribution in [0, 0.1) is 0 Å². The summed E-state index contributed by atoms with van der Waals surface area (Å²) < 4.78 is 23.5. The molecular formula is C13H20BrNO2S. The van der Waals surface area contributed by atoms with Gasteiger partial charge in [-0.25, -0.2) is 8.42 Å². The molecular weight excluding hydrogens is 314 g/mol. The summed E-state index contributed by atoms with van der Waals surface area (Å²) in [6, 6.07) is 8.11. The van der Waals surface area contributed by atoms with Crippen LogP contribution < -0.4 is 5.32 Å². The quantitative estimate of drug-likeness (QED) is 0.901. The van der Waals surface area contributed by atoms with Gasteiger partial charge in [0.2, 0.25) is 0 Å². The molecule has 0 aromatic heterocycles. The van der Waals surface area contributed by atoms with Gasteiger partial charge in [-0.1, -0.05) is 28.1 Å². The summed E-state index contributed by atoms with van der Waals surface area (Å²) in [7, 11) is -3.06. The Labute approximate surface area is 118 Å². The second kappa shape index (κ2) is 5.72. The standard InChI is InChI=1S/C13H20BrNO2S/c1-10(11-6-5-7-12(14)8-11)15-9-13(2,3)18(4,16)17/h5-8,10,15H,9H2,1-4H3. The molecule has 18 heavy (non-hydrogen) atoms. The molecule has 0 saturated carbocycles. The number of halogens is 1. The SMILES string of the molecule is CC(NCC(C)(C)S(C)(=O)=O)c1cccc(Br)c1. The fourth-order valence-electron chi connectivity index (χ4n) is 1.42. The van der Waals surface area contributed by atoms with E-state index in [1.54, 1.807) is 13.8 Å². The van der Waals surface area contributed by atoms with E-state index in [2.05, 4.69) is 21.2 Å². The summed E-state index contributed by atoms with van der Waals surface area (Å²) in [6.07, 6.45) is 1.28. The Morgan fingerprint density at radius 1 is 1.39 bits per heavy atom. The third kappa shape index (κ3) is 4.07. The van der Waals surface area contributed by atoms with E-state index in [0.717, 1.165) is 10.0 Å². The Hall–Kier alpha value is -0.390. The van der Waals surface area contributed by atoms with Crippen molar-refractivity contribution in [2.75, 3.05) is 12.8 Å². The first kappa shape index (κ1) is 15.7. The number of rotatable bonds is 5. The maximum absolute atomic E-state index is 11.6. The van der Waals surface area contributed by atoms with Crippen LogP contribution in [0.3, 0.4) is 0 Å². The Morgan fingerprint density at radius 2 is 2.00 bits per heavy atom. The molecule has 0 saturated heterocycles. The molecule has 1 aromatic rings. The number of hydrogen-bond donors (Lipinski definition) is 1. The molecule has 1 N–H and O–H groups in total. The lowest BCUT2D eigenvalue weighted by Crippen LogP contribution is -2.42. The van der Waals surface area contributed by atoms with Gasteiger partial charge in [0.25, 0.3) is 0 Å². The number of nitrogens with one attached hydrogen (secondary N) is 1. The van der Waals surface area contributed by atoms with E-state index >= 15 is 0 Å². The maximum atomic E-state index is 11.6. The molecule has 5 heteroatoms. The van der Waals surface area contributed by atoms with E-state index in [-0.39, 0.29) is 6.04 Å². The lowest BCUT2D eigenvalue weighted by molar-refractivity contribution is 0.489. The Bertz CT molecular complexity index is 511. The summed E-state index contributed by atoms with van der Waals surface area (Å²) in [5.74, 6) is 0. The van der Waals surface area contributed by atoms with Crippen molar-refractivity contribution in [3.63, 3.8) is 0 Å². The molecule has 0 spiro atoms. The van der Waals surface area contributed by atoms with Crippen LogP contribution in [0.4, 0.5) is 0 Å². The topological polar surface area (TPSA) is 46.2 Å². The molecule has 0 aliphatic rings. The van der Waals surface area contributed by atoms with Gasteiger partial charge >= 0.3 is 0 Å². The molecule has 1 unspecified atom stereocenters. The molecule has 0 amide bonds. The van der Waals surface area contributed by atoms with Crippen molar-refractivity contribution in [2.45, 2.75) is 31.6 Å². The molecule has 0 bridgehead atoms. The van der Waals surface area contributed by atoms with Gasteiger partial charge in [0.15, 0.2) is 9.84 Å². The van der Waals surface area contributed by atoms with Gasteiger partial charge in [0.05, 0.1) is 4.75 Å². The molecule has 0 aliphatic heterocycles. The van der Waals surface area contributed by atoms with E-state index < -0.39 is 14.6 Å². The second-order valence-corrected chi connectivity index (χ2v) is 8.75. The van der Waals surface area contributed by atoms with Crippen molar-refractivity contribution < 1.29 is 8.42 Å². The highest BCUT2D eigenvalue weighted by Gasteiger charge is 2.30. The van der Waals surface area contributed by atoms with Crippen LogP contribution in [-0.4, -0.2) is 26.0 Å². The van der Waals surface area contributed by atoms with Crippen LogP contribution in [0.25, 0.3) is 0 Å². The summed E-state index contributed by atoms with van der Waals surface area (Å²) in [6.45, 7) is 5.94. The molecule has 3 nitrogen and oxygen atoms in total. The van der Waals surface area contributed by atoms with Crippen molar-refractivity contribution >= 4 is 25.8 Å². The Balaban J connectivity index is 2.70.